The Morgan fingerprint density at radius 3 is 2.36 bits per heavy atom. The van der Waals surface area contributed by atoms with E-state index in [0.29, 0.717) is 6.42 Å². The number of nitrogens with zero attached hydrogens (tertiary/aromatic N) is 1. The Bertz CT molecular complexity index is 680. The van der Waals surface area contributed by atoms with E-state index in [0.717, 1.165) is 18.9 Å². The maximum absolute atomic E-state index is 11.5. The van der Waals surface area contributed by atoms with Crippen LogP contribution in [0, 0.1) is 10.1 Å². The molecular formula is C16H19NO8. The monoisotopic (exact) mass is 353 g/mol. The number of ether oxygens (including phenoxy) is 2. The zero-order chi connectivity index (χ0) is 19.0. The first-order valence-corrected chi connectivity index (χ1v) is 7.49. The summed E-state index contributed by atoms with van der Waals surface area (Å²) in [5, 5.41) is 29.3. The van der Waals surface area contributed by atoms with Crippen molar-refractivity contribution in [1.29, 1.82) is 0 Å². The molecule has 1 aromatic rings. The molecule has 0 aliphatic heterocycles. The topological polar surface area (TPSA) is 136 Å². The van der Waals surface area contributed by atoms with E-state index in [9.17, 15) is 19.7 Å². The first-order valence-electron chi connectivity index (χ1n) is 7.49. The van der Waals surface area contributed by atoms with Crippen LogP contribution in [0.5, 0.6) is 11.5 Å². The summed E-state index contributed by atoms with van der Waals surface area (Å²) in [7, 11) is 1.31. The van der Waals surface area contributed by atoms with Crippen LogP contribution < -0.4 is 9.47 Å². The molecule has 2 N–H and O–H groups in total. The smallest absolute Gasteiger partial charge is 0.343 e. The van der Waals surface area contributed by atoms with Crippen LogP contribution in [0.25, 0.3) is 6.08 Å². The number of carboxylic acids is 2. The van der Waals surface area contributed by atoms with E-state index >= 15 is 0 Å². The molecule has 0 amide bonds. The molecule has 0 saturated heterocycles. The summed E-state index contributed by atoms with van der Waals surface area (Å²) in [6, 6.07) is 2.57. The number of benzene rings is 1. The molecule has 1 aromatic carbocycles. The van der Waals surface area contributed by atoms with Crippen LogP contribution >= 0.6 is 0 Å². The third-order valence-corrected chi connectivity index (χ3v) is 3.28. The second-order valence-corrected chi connectivity index (χ2v) is 5.02. The zero-order valence-corrected chi connectivity index (χ0v) is 13.9. The lowest BCUT2D eigenvalue weighted by Gasteiger charge is -2.12. The molecule has 136 valence electrons. The van der Waals surface area contributed by atoms with Gasteiger partial charge in [-0.25, -0.2) is 9.59 Å². The minimum Gasteiger partial charge on any atom is -0.493 e. The van der Waals surface area contributed by atoms with Gasteiger partial charge in [-0.1, -0.05) is 19.8 Å². The molecule has 0 unspecified atom stereocenters. The molecule has 0 radical (unpaired) electrons. The van der Waals surface area contributed by atoms with Gasteiger partial charge in [0, 0.05) is 0 Å². The maximum atomic E-state index is 11.5. The minimum absolute atomic E-state index is 0.104. The molecule has 0 aromatic heterocycles. The number of hydrogen-bond acceptors (Lipinski definition) is 6. The van der Waals surface area contributed by atoms with Crippen LogP contribution in [0.1, 0.15) is 31.7 Å². The van der Waals surface area contributed by atoms with Gasteiger partial charge in [-0.05, 0) is 24.6 Å². The SMILES string of the molecule is CCCCCOc1c(OC)ccc(C=C(C(=O)O)C(=O)O)c1[N+](=O)[O-]. The van der Waals surface area contributed by atoms with Gasteiger partial charge in [0.05, 0.1) is 24.2 Å². The lowest BCUT2D eigenvalue weighted by Crippen LogP contribution is -2.11. The normalized spacial score (nSPS) is 10.0. The molecule has 9 heteroatoms. The lowest BCUT2D eigenvalue weighted by molar-refractivity contribution is -0.386. The van der Waals surface area contributed by atoms with E-state index in [4.69, 9.17) is 19.7 Å². The van der Waals surface area contributed by atoms with Crippen molar-refractivity contribution in [1.82, 2.24) is 0 Å². The van der Waals surface area contributed by atoms with Crippen molar-refractivity contribution in [2.75, 3.05) is 13.7 Å². The molecule has 0 bridgehead atoms. The Hall–Kier alpha value is -3.10. The van der Waals surface area contributed by atoms with Crippen molar-refractivity contribution in [3.63, 3.8) is 0 Å². The Balaban J connectivity index is 3.44. The van der Waals surface area contributed by atoms with Gasteiger partial charge in [0.1, 0.15) is 5.57 Å². The van der Waals surface area contributed by atoms with Crippen molar-refractivity contribution in [3.8, 4) is 11.5 Å². The van der Waals surface area contributed by atoms with Crippen molar-refractivity contribution >= 4 is 23.7 Å². The molecule has 0 aliphatic carbocycles. The average Bonchev–Trinajstić information content (AvgIpc) is 2.55. The number of nitro benzene ring substituents is 1. The number of carbonyl (C=O) groups is 2. The summed E-state index contributed by atoms with van der Waals surface area (Å²) in [6.07, 6.45) is 3.21. The Labute approximate surface area is 143 Å². The highest BCUT2D eigenvalue weighted by Gasteiger charge is 2.27. The Morgan fingerprint density at radius 1 is 1.24 bits per heavy atom. The third kappa shape index (κ3) is 5.20. The van der Waals surface area contributed by atoms with E-state index in [-0.39, 0.29) is 23.7 Å². The Kier molecular flexibility index (Phi) is 7.39. The first-order chi connectivity index (χ1) is 11.8. The van der Waals surface area contributed by atoms with Crippen LogP contribution in [0.15, 0.2) is 17.7 Å². The predicted molar refractivity (Wildman–Crippen MR) is 87.9 cm³/mol. The van der Waals surface area contributed by atoms with Gasteiger partial charge in [0.25, 0.3) is 0 Å². The number of methoxy groups -OCH3 is 1. The molecule has 9 nitrogen and oxygen atoms in total. The van der Waals surface area contributed by atoms with E-state index in [1.165, 1.54) is 19.2 Å². The van der Waals surface area contributed by atoms with Crippen LogP contribution in [0.2, 0.25) is 0 Å². The van der Waals surface area contributed by atoms with Crippen LogP contribution in [0.4, 0.5) is 5.69 Å². The quantitative estimate of drug-likeness (QED) is 0.164. The number of aliphatic carboxylic acids is 2. The van der Waals surface area contributed by atoms with Crippen molar-refractivity contribution in [3.05, 3.63) is 33.4 Å². The van der Waals surface area contributed by atoms with E-state index in [1.807, 2.05) is 6.92 Å². The summed E-state index contributed by atoms with van der Waals surface area (Å²) >= 11 is 0. The summed E-state index contributed by atoms with van der Waals surface area (Å²) in [6.45, 7) is 2.21. The second-order valence-electron chi connectivity index (χ2n) is 5.02. The third-order valence-electron chi connectivity index (χ3n) is 3.28. The lowest BCUT2D eigenvalue weighted by atomic mass is 10.1. The van der Waals surface area contributed by atoms with Gasteiger partial charge in [-0.15, -0.1) is 0 Å². The fourth-order valence-corrected chi connectivity index (χ4v) is 2.07. The molecule has 0 heterocycles. The second kappa shape index (κ2) is 9.26. The number of carboxylic acid groups (broad SMARTS) is 2. The molecule has 1 rings (SSSR count). The zero-order valence-electron chi connectivity index (χ0n) is 13.9. The standard InChI is InChI=1S/C16H19NO8/c1-3-4-5-8-25-14-12(24-2)7-6-10(13(14)17(22)23)9-11(15(18)19)16(20)21/h6-7,9H,3-5,8H2,1-2H3,(H,18,19)(H,20,21). The fraction of sp³-hybridized carbons (Fsp3) is 0.375. The van der Waals surface area contributed by atoms with Crippen LogP contribution in [-0.4, -0.2) is 40.8 Å². The van der Waals surface area contributed by atoms with E-state index in [1.54, 1.807) is 0 Å². The summed E-state index contributed by atoms with van der Waals surface area (Å²) in [5.41, 5.74) is -1.74. The molecular weight excluding hydrogens is 334 g/mol. The largest absolute Gasteiger partial charge is 0.493 e. The highest BCUT2D eigenvalue weighted by molar-refractivity contribution is 6.16. The molecule has 0 fully saturated rings. The predicted octanol–water partition coefficient (Wildman–Crippen LogP) is 2.72. The van der Waals surface area contributed by atoms with Crippen molar-refractivity contribution in [2.24, 2.45) is 0 Å². The van der Waals surface area contributed by atoms with Crippen molar-refractivity contribution in [2.45, 2.75) is 26.2 Å². The summed E-state index contributed by atoms with van der Waals surface area (Å²) in [4.78, 5) is 32.7. The first kappa shape index (κ1) is 19.9. The van der Waals surface area contributed by atoms with Gasteiger partial charge in [-0.3, -0.25) is 10.1 Å². The highest BCUT2D eigenvalue weighted by Crippen LogP contribution is 2.40. The van der Waals surface area contributed by atoms with Gasteiger partial charge < -0.3 is 19.7 Å². The summed E-state index contributed by atoms with van der Waals surface area (Å²) in [5.74, 6) is -3.47. The van der Waals surface area contributed by atoms with E-state index in [2.05, 4.69) is 0 Å². The van der Waals surface area contributed by atoms with Crippen LogP contribution in [-0.2, 0) is 9.59 Å². The van der Waals surface area contributed by atoms with Crippen LogP contribution in [0.3, 0.4) is 0 Å². The number of unbranched alkanes of at least 4 members (excludes halogenated alkanes) is 2. The Morgan fingerprint density at radius 2 is 1.88 bits per heavy atom. The molecule has 25 heavy (non-hydrogen) atoms. The fourth-order valence-electron chi connectivity index (χ4n) is 2.07. The molecule has 0 atom stereocenters. The summed E-state index contributed by atoms with van der Waals surface area (Å²) < 4.78 is 10.5. The minimum atomic E-state index is -1.71. The van der Waals surface area contributed by atoms with Gasteiger partial charge in [0.2, 0.25) is 5.75 Å². The molecule has 0 spiro atoms. The number of rotatable bonds is 10. The van der Waals surface area contributed by atoms with Gasteiger partial charge in [0.15, 0.2) is 5.75 Å². The molecule has 0 saturated carbocycles. The number of hydrogen-bond donors (Lipinski definition) is 2. The molecule has 0 aliphatic rings. The van der Waals surface area contributed by atoms with Gasteiger partial charge in [-0.2, -0.15) is 0 Å². The van der Waals surface area contributed by atoms with Crippen molar-refractivity contribution < 1.29 is 34.2 Å². The average molecular weight is 353 g/mol. The maximum Gasteiger partial charge on any atom is 0.343 e. The number of nitro groups is 1. The van der Waals surface area contributed by atoms with E-state index < -0.39 is 28.1 Å². The van der Waals surface area contributed by atoms with Gasteiger partial charge >= 0.3 is 17.6 Å². The highest BCUT2D eigenvalue weighted by atomic mass is 16.6.